The third-order valence-corrected chi connectivity index (χ3v) is 3.24. The summed E-state index contributed by atoms with van der Waals surface area (Å²) in [6.45, 7) is 6.16. The standard InChI is InChI=1S/C15H23NO3/c1-4-16(5-2)13-10-9-12(14(11-13)19-3)7-6-8-15(17)18/h9-11H,4-8H2,1-3H3,(H,17,18). The Kier molecular flexibility index (Phi) is 6.19. The second-order valence-corrected chi connectivity index (χ2v) is 4.42. The topological polar surface area (TPSA) is 49.8 Å². The van der Waals surface area contributed by atoms with Crippen LogP contribution in [0.5, 0.6) is 5.75 Å². The number of anilines is 1. The van der Waals surface area contributed by atoms with Gasteiger partial charge in [0.05, 0.1) is 7.11 Å². The lowest BCUT2D eigenvalue weighted by atomic mass is 10.1. The highest BCUT2D eigenvalue weighted by molar-refractivity contribution is 5.66. The predicted octanol–water partition coefficient (Wildman–Crippen LogP) is 2.95. The molecule has 0 aromatic heterocycles. The van der Waals surface area contributed by atoms with Crippen molar-refractivity contribution in [3.8, 4) is 5.75 Å². The van der Waals surface area contributed by atoms with Crippen molar-refractivity contribution in [3.05, 3.63) is 23.8 Å². The molecule has 1 aromatic rings. The molecule has 0 aliphatic rings. The lowest BCUT2D eigenvalue weighted by molar-refractivity contribution is -0.137. The van der Waals surface area contributed by atoms with Crippen LogP contribution in [0.25, 0.3) is 0 Å². The number of hydrogen-bond acceptors (Lipinski definition) is 3. The zero-order chi connectivity index (χ0) is 14.3. The fourth-order valence-corrected chi connectivity index (χ4v) is 2.16. The minimum Gasteiger partial charge on any atom is -0.496 e. The Hall–Kier alpha value is -1.71. The SMILES string of the molecule is CCN(CC)c1ccc(CCCC(=O)O)c(OC)c1. The molecule has 0 aliphatic heterocycles. The summed E-state index contributed by atoms with van der Waals surface area (Å²) in [6.07, 6.45) is 1.56. The zero-order valence-corrected chi connectivity index (χ0v) is 12.0. The largest absolute Gasteiger partial charge is 0.496 e. The van der Waals surface area contributed by atoms with Crippen molar-refractivity contribution >= 4 is 11.7 Å². The fraction of sp³-hybridized carbons (Fsp3) is 0.533. The highest BCUT2D eigenvalue weighted by Gasteiger charge is 2.08. The number of nitrogens with zero attached hydrogens (tertiary/aromatic N) is 1. The molecule has 0 fully saturated rings. The Morgan fingerprint density at radius 3 is 2.53 bits per heavy atom. The second kappa shape index (κ2) is 7.67. The minimum atomic E-state index is -0.751. The number of rotatable bonds is 8. The molecule has 0 heterocycles. The number of ether oxygens (including phenoxy) is 1. The maximum absolute atomic E-state index is 10.5. The van der Waals surface area contributed by atoms with Crippen LogP contribution in [0.15, 0.2) is 18.2 Å². The van der Waals surface area contributed by atoms with E-state index in [1.807, 2.05) is 12.1 Å². The number of methoxy groups -OCH3 is 1. The second-order valence-electron chi connectivity index (χ2n) is 4.42. The van der Waals surface area contributed by atoms with Crippen molar-refractivity contribution < 1.29 is 14.6 Å². The van der Waals surface area contributed by atoms with Gasteiger partial charge in [-0.05, 0) is 38.3 Å². The highest BCUT2D eigenvalue weighted by atomic mass is 16.5. The predicted molar refractivity (Wildman–Crippen MR) is 77.1 cm³/mol. The average Bonchev–Trinajstić information content (AvgIpc) is 2.40. The van der Waals surface area contributed by atoms with Crippen molar-refractivity contribution in [2.75, 3.05) is 25.1 Å². The van der Waals surface area contributed by atoms with Crippen LogP contribution in [0.4, 0.5) is 5.69 Å². The third kappa shape index (κ3) is 4.47. The first-order valence-electron chi connectivity index (χ1n) is 6.76. The zero-order valence-electron chi connectivity index (χ0n) is 12.0. The first-order valence-corrected chi connectivity index (χ1v) is 6.76. The number of benzene rings is 1. The van der Waals surface area contributed by atoms with E-state index in [-0.39, 0.29) is 6.42 Å². The number of aryl methyl sites for hydroxylation is 1. The van der Waals surface area contributed by atoms with Crippen LogP contribution in [0.2, 0.25) is 0 Å². The molecule has 19 heavy (non-hydrogen) atoms. The van der Waals surface area contributed by atoms with Gasteiger partial charge >= 0.3 is 5.97 Å². The van der Waals surface area contributed by atoms with E-state index in [9.17, 15) is 4.79 Å². The lowest BCUT2D eigenvalue weighted by Crippen LogP contribution is -2.21. The van der Waals surface area contributed by atoms with E-state index in [1.54, 1.807) is 7.11 Å². The number of carbonyl (C=O) groups is 1. The highest BCUT2D eigenvalue weighted by Crippen LogP contribution is 2.26. The van der Waals surface area contributed by atoms with Gasteiger partial charge in [0.25, 0.3) is 0 Å². The fourth-order valence-electron chi connectivity index (χ4n) is 2.16. The molecular formula is C15H23NO3. The van der Waals surface area contributed by atoms with Gasteiger partial charge in [-0.15, -0.1) is 0 Å². The van der Waals surface area contributed by atoms with Gasteiger partial charge in [0.1, 0.15) is 5.75 Å². The first kappa shape index (κ1) is 15.3. The van der Waals surface area contributed by atoms with E-state index in [2.05, 4.69) is 24.8 Å². The molecule has 4 nitrogen and oxygen atoms in total. The Morgan fingerprint density at radius 1 is 1.32 bits per heavy atom. The Morgan fingerprint density at radius 2 is 2.00 bits per heavy atom. The van der Waals surface area contributed by atoms with Crippen molar-refractivity contribution in [3.63, 3.8) is 0 Å². The van der Waals surface area contributed by atoms with Gasteiger partial charge in [0, 0.05) is 31.3 Å². The summed E-state index contributed by atoms with van der Waals surface area (Å²) in [5.41, 5.74) is 2.21. The van der Waals surface area contributed by atoms with Gasteiger partial charge in [0.15, 0.2) is 0 Å². The summed E-state index contributed by atoms with van der Waals surface area (Å²) in [4.78, 5) is 12.8. The van der Waals surface area contributed by atoms with Crippen LogP contribution in [0, 0.1) is 0 Å². The van der Waals surface area contributed by atoms with E-state index in [0.29, 0.717) is 6.42 Å². The summed E-state index contributed by atoms with van der Waals surface area (Å²) in [5.74, 6) is 0.0912. The van der Waals surface area contributed by atoms with Gasteiger partial charge in [-0.3, -0.25) is 4.79 Å². The smallest absolute Gasteiger partial charge is 0.303 e. The van der Waals surface area contributed by atoms with Gasteiger partial charge in [-0.1, -0.05) is 6.07 Å². The number of aliphatic carboxylic acids is 1. The van der Waals surface area contributed by atoms with E-state index in [0.717, 1.165) is 36.5 Å². The Balaban J connectivity index is 2.80. The van der Waals surface area contributed by atoms with E-state index < -0.39 is 5.97 Å². The molecule has 0 bridgehead atoms. The number of hydrogen-bond donors (Lipinski definition) is 1. The molecule has 0 spiro atoms. The van der Waals surface area contributed by atoms with E-state index in [1.165, 1.54) is 0 Å². The third-order valence-electron chi connectivity index (χ3n) is 3.24. The quantitative estimate of drug-likeness (QED) is 0.785. The molecule has 0 saturated heterocycles. The summed E-state index contributed by atoms with van der Waals surface area (Å²) in [6, 6.07) is 6.14. The summed E-state index contributed by atoms with van der Waals surface area (Å²) in [5, 5.41) is 8.66. The van der Waals surface area contributed by atoms with Crippen molar-refractivity contribution in [1.82, 2.24) is 0 Å². The molecule has 0 atom stereocenters. The van der Waals surface area contributed by atoms with Gasteiger partial charge in [-0.2, -0.15) is 0 Å². The molecule has 106 valence electrons. The molecule has 0 amide bonds. The Labute approximate surface area is 115 Å². The number of carboxylic acids is 1. The van der Waals surface area contributed by atoms with Crippen LogP contribution in [0.1, 0.15) is 32.3 Å². The summed E-state index contributed by atoms with van der Waals surface area (Å²) < 4.78 is 5.41. The van der Waals surface area contributed by atoms with Crippen LogP contribution in [-0.2, 0) is 11.2 Å². The van der Waals surface area contributed by atoms with Gasteiger partial charge in [0.2, 0.25) is 0 Å². The number of carboxylic acid groups (broad SMARTS) is 1. The van der Waals surface area contributed by atoms with Crippen molar-refractivity contribution in [2.24, 2.45) is 0 Å². The molecule has 0 radical (unpaired) electrons. The molecule has 4 heteroatoms. The maximum Gasteiger partial charge on any atom is 0.303 e. The van der Waals surface area contributed by atoms with Crippen LogP contribution < -0.4 is 9.64 Å². The van der Waals surface area contributed by atoms with E-state index >= 15 is 0 Å². The molecule has 0 saturated carbocycles. The van der Waals surface area contributed by atoms with Crippen LogP contribution in [-0.4, -0.2) is 31.3 Å². The molecule has 0 unspecified atom stereocenters. The molecular weight excluding hydrogens is 242 g/mol. The average molecular weight is 265 g/mol. The summed E-state index contributed by atoms with van der Waals surface area (Å²) in [7, 11) is 1.65. The molecule has 1 N–H and O–H groups in total. The Bertz CT molecular complexity index is 414. The normalized spacial score (nSPS) is 10.3. The minimum absolute atomic E-state index is 0.195. The maximum atomic E-state index is 10.5. The van der Waals surface area contributed by atoms with Crippen molar-refractivity contribution in [2.45, 2.75) is 33.1 Å². The molecule has 1 aromatic carbocycles. The lowest BCUT2D eigenvalue weighted by Gasteiger charge is -2.22. The van der Waals surface area contributed by atoms with E-state index in [4.69, 9.17) is 9.84 Å². The van der Waals surface area contributed by atoms with Gasteiger partial charge in [-0.25, -0.2) is 0 Å². The monoisotopic (exact) mass is 265 g/mol. The van der Waals surface area contributed by atoms with Crippen LogP contribution in [0.3, 0.4) is 0 Å². The van der Waals surface area contributed by atoms with Crippen LogP contribution >= 0.6 is 0 Å². The molecule has 1 rings (SSSR count). The first-order chi connectivity index (χ1) is 9.12. The van der Waals surface area contributed by atoms with Crippen molar-refractivity contribution in [1.29, 1.82) is 0 Å². The molecule has 0 aliphatic carbocycles. The van der Waals surface area contributed by atoms with Gasteiger partial charge < -0.3 is 14.7 Å². The summed E-state index contributed by atoms with van der Waals surface area (Å²) >= 11 is 0.